The van der Waals surface area contributed by atoms with E-state index in [0.717, 1.165) is 11.3 Å². The van der Waals surface area contributed by atoms with E-state index >= 15 is 0 Å². The molecule has 1 N–H and O–H groups in total. The van der Waals surface area contributed by atoms with Crippen LogP contribution >= 0.6 is 11.6 Å². The van der Waals surface area contributed by atoms with Crippen LogP contribution < -0.4 is 5.32 Å². The smallest absolute Gasteiger partial charge is 0.252 e. The Morgan fingerprint density at radius 3 is 2.75 bits per heavy atom. The number of nitrogens with one attached hydrogen (secondary N) is 1. The summed E-state index contributed by atoms with van der Waals surface area (Å²) in [4.78, 5) is 3.92. The van der Waals surface area contributed by atoms with Crippen molar-refractivity contribution in [1.82, 2.24) is 20.1 Å². The fourth-order valence-corrected chi connectivity index (χ4v) is 1.86. The fourth-order valence-electron chi connectivity index (χ4n) is 1.69. The quantitative estimate of drug-likeness (QED) is 0.943. The second kappa shape index (κ2) is 5.61. The van der Waals surface area contributed by atoms with Gasteiger partial charge in [0.25, 0.3) is 5.82 Å². The number of aromatic nitrogens is 3. The summed E-state index contributed by atoms with van der Waals surface area (Å²) in [6.45, 7) is 6.99. The molecule has 20 heavy (non-hydrogen) atoms. The van der Waals surface area contributed by atoms with E-state index in [1.54, 1.807) is 4.68 Å². The molecule has 104 valence electrons. The van der Waals surface area contributed by atoms with Crippen molar-refractivity contribution in [3.05, 3.63) is 40.9 Å². The highest BCUT2D eigenvalue weighted by Crippen LogP contribution is 2.20. The molecule has 1 heterocycles. The van der Waals surface area contributed by atoms with Crippen molar-refractivity contribution in [3.63, 3.8) is 0 Å². The van der Waals surface area contributed by atoms with E-state index in [-0.39, 0.29) is 11.4 Å². The highest BCUT2D eigenvalue weighted by atomic mass is 35.5. The molecule has 6 heteroatoms. The van der Waals surface area contributed by atoms with Gasteiger partial charge in [0.15, 0.2) is 0 Å². The summed E-state index contributed by atoms with van der Waals surface area (Å²) >= 11 is 6.05. The molecular weight excluding hydrogens is 274 g/mol. The van der Waals surface area contributed by atoms with Gasteiger partial charge in [-0.05, 0) is 38.5 Å². The summed E-state index contributed by atoms with van der Waals surface area (Å²) in [5, 5.41) is 16.9. The van der Waals surface area contributed by atoms with Crippen molar-refractivity contribution in [3.8, 4) is 11.8 Å². The third-order valence-electron chi connectivity index (χ3n) is 2.70. The lowest BCUT2D eigenvalue weighted by Gasteiger charge is -2.21. The van der Waals surface area contributed by atoms with Gasteiger partial charge in [-0.15, -0.1) is 5.10 Å². The fraction of sp³-hybridized carbons (Fsp3) is 0.357. The van der Waals surface area contributed by atoms with E-state index in [1.807, 2.05) is 24.3 Å². The van der Waals surface area contributed by atoms with E-state index in [9.17, 15) is 0 Å². The molecule has 0 saturated heterocycles. The number of nitriles is 1. The zero-order valence-corrected chi connectivity index (χ0v) is 12.4. The molecule has 0 aliphatic rings. The monoisotopic (exact) mass is 289 g/mol. The van der Waals surface area contributed by atoms with Gasteiger partial charge in [-0.3, -0.25) is 0 Å². The van der Waals surface area contributed by atoms with Crippen LogP contribution in [0.25, 0.3) is 5.69 Å². The Morgan fingerprint density at radius 1 is 1.40 bits per heavy atom. The topological polar surface area (TPSA) is 66.5 Å². The molecule has 0 aliphatic heterocycles. The zero-order chi connectivity index (χ0) is 14.8. The SMILES string of the molecule is CC(C)(C)NCc1ccc(Cl)cc1-n1cnc(C#N)n1. The van der Waals surface area contributed by atoms with E-state index < -0.39 is 0 Å². The summed E-state index contributed by atoms with van der Waals surface area (Å²) in [6.07, 6.45) is 1.52. The minimum Gasteiger partial charge on any atom is -0.308 e. The van der Waals surface area contributed by atoms with Gasteiger partial charge in [0.2, 0.25) is 0 Å². The van der Waals surface area contributed by atoms with E-state index in [1.165, 1.54) is 6.33 Å². The van der Waals surface area contributed by atoms with Gasteiger partial charge in [-0.1, -0.05) is 17.7 Å². The maximum atomic E-state index is 8.81. The van der Waals surface area contributed by atoms with Gasteiger partial charge < -0.3 is 5.32 Å². The van der Waals surface area contributed by atoms with E-state index in [4.69, 9.17) is 16.9 Å². The Bertz CT molecular complexity index is 648. The summed E-state index contributed by atoms with van der Waals surface area (Å²) in [5.74, 6) is 0.139. The first-order valence-corrected chi connectivity index (χ1v) is 6.62. The molecule has 0 saturated carbocycles. The molecule has 0 atom stereocenters. The third-order valence-corrected chi connectivity index (χ3v) is 2.93. The molecule has 0 unspecified atom stereocenters. The molecule has 0 bridgehead atoms. The molecule has 0 spiro atoms. The van der Waals surface area contributed by atoms with Gasteiger partial charge in [0.1, 0.15) is 12.4 Å². The molecule has 2 rings (SSSR count). The van der Waals surface area contributed by atoms with Crippen LogP contribution in [-0.2, 0) is 6.54 Å². The first-order chi connectivity index (χ1) is 9.39. The largest absolute Gasteiger partial charge is 0.308 e. The predicted molar refractivity (Wildman–Crippen MR) is 77.7 cm³/mol. The van der Waals surface area contributed by atoms with Gasteiger partial charge >= 0.3 is 0 Å². The van der Waals surface area contributed by atoms with Gasteiger partial charge in [-0.2, -0.15) is 5.26 Å². The number of halogens is 1. The number of benzene rings is 1. The van der Waals surface area contributed by atoms with Crippen molar-refractivity contribution in [2.24, 2.45) is 0 Å². The number of nitrogens with zero attached hydrogens (tertiary/aromatic N) is 4. The zero-order valence-electron chi connectivity index (χ0n) is 11.7. The van der Waals surface area contributed by atoms with E-state index in [0.29, 0.717) is 11.6 Å². The Hall–Kier alpha value is -1.90. The minimum absolute atomic E-state index is 0.0110. The van der Waals surface area contributed by atoms with Crippen molar-refractivity contribution in [1.29, 1.82) is 5.26 Å². The average molecular weight is 290 g/mol. The Morgan fingerprint density at radius 2 is 2.15 bits per heavy atom. The van der Waals surface area contributed by atoms with Crippen LogP contribution in [0, 0.1) is 11.3 Å². The van der Waals surface area contributed by atoms with Crippen molar-refractivity contribution in [2.75, 3.05) is 0 Å². The van der Waals surface area contributed by atoms with Crippen LogP contribution in [-0.4, -0.2) is 20.3 Å². The molecule has 2 aromatic rings. The van der Waals surface area contributed by atoms with E-state index in [2.05, 4.69) is 36.2 Å². The van der Waals surface area contributed by atoms with Crippen LogP contribution in [0.2, 0.25) is 5.02 Å². The molecular formula is C14H16ClN5. The highest BCUT2D eigenvalue weighted by Gasteiger charge is 2.12. The highest BCUT2D eigenvalue weighted by molar-refractivity contribution is 6.30. The second-order valence-electron chi connectivity index (χ2n) is 5.50. The standard InChI is InChI=1S/C14H16ClN5/c1-14(2,3)18-8-10-4-5-11(15)6-12(10)20-9-17-13(7-16)19-20/h4-6,9,18H,8H2,1-3H3. The Kier molecular flexibility index (Phi) is 4.07. The maximum absolute atomic E-state index is 8.81. The number of hydrogen-bond donors (Lipinski definition) is 1. The summed E-state index contributed by atoms with van der Waals surface area (Å²) < 4.78 is 1.57. The van der Waals surface area contributed by atoms with Crippen molar-refractivity contribution < 1.29 is 0 Å². The average Bonchev–Trinajstić information content (AvgIpc) is 2.84. The molecule has 0 aliphatic carbocycles. The predicted octanol–water partition coefficient (Wildman–Crippen LogP) is 2.68. The lowest BCUT2D eigenvalue weighted by molar-refractivity contribution is 0.424. The second-order valence-corrected chi connectivity index (χ2v) is 5.94. The van der Waals surface area contributed by atoms with Gasteiger partial charge in [0, 0.05) is 17.1 Å². The molecule has 0 radical (unpaired) electrons. The van der Waals surface area contributed by atoms with Gasteiger partial charge in [-0.25, -0.2) is 9.67 Å². The number of rotatable bonds is 3. The lowest BCUT2D eigenvalue weighted by atomic mass is 10.1. The summed E-state index contributed by atoms with van der Waals surface area (Å²) in [5.41, 5.74) is 1.87. The van der Waals surface area contributed by atoms with Crippen LogP contribution in [0.5, 0.6) is 0 Å². The Balaban J connectivity index is 2.35. The molecule has 5 nitrogen and oxygen atoms in total. The molecule has 1 aromatic heterocycles. The first-order valence-electron chi connectivity index (χ1n) is 6.24. The van der Waals surface area contributed by atoms with Crippen molar-refractivity contribution in [2.45, 2.75) is 32.9 Å². The third kappa shape index (κ3) is 3.56. The lowest BCUT2D eigenvalue weighted by Crippen LogP contribution is -2.35. The normalized spacial score (nSPS) is 11.3. The number of hydrogen-bond acceptors (Lipinski definition) is 4. The first kappa shape index (κ1) is 14.5. The Labute approximate surface area is 123 Å². The van der Waals surface area contributed by atoms with Gasteiger partial charge in [0.05, 0.1) is 5.69 Å². The summed E-state index contributed by atoms with van der Waals surface area (Å²) in [7, 11) is 0. The molecule has 0 fully saturated rings. The van der Waals surface area contributed by atoms with Crippen molar-refractivity contribution >= 4 is 11.6 Å². The van der Waals surface area contributed by atoms with Crippen LogP contribution in [0.1, 0.15) is 32.2 Å². The van der Waals surface area contributed by atoms with Crippen LogP contribution in [0.4, 0.5) is 0 Å². The minimum atomic E-state index is 0.0110. The van der Waals surface area contributed by atoms with Crippen LogP contribution in [0.3, 0.4) is 0 Å². The summed E-state index contributed by atoms with van der Waals surface area (Å²) in [6, 6.07) is 7.52. The maximum Gasteiger partial charge on any atom is 0.252 e. The van der Waals surface area contributed by atoms with Crippen LogP contribution in [0.15, 0.2) is 24.5 Å². The molecule has 0 amide bonds. The molecule has 1 aromatic carbocycles.